The molecule has 0 aliphatic heterocycles. The number of thiocarbonyl (C=S) groups is 1. The number of hydrogen-bond acceptors (Lipinski definition) is 3. The number of rotatable bonds is 3. The molecule has 2 amide bonds. The Kier molecular flexibility index (Phi) is 5.67. The standard InChI is InChI=1S/C11H9BrF3N3O2S/c12-5-1-2-7(6(3-5)11(13,14)15)18-10(20)9(19)17-4-8(16)21/h1-3H,4H2,(H2,16,21)(H,17,19)(H,18,20). The van der Waals surface area contributed by atoms with Crippen molar-refractivity contribution in [3.63, 3.8) is 0 Å². The van der Waals surface area contributed by atoms with Crippen LogP contribution in [0.3, 0.4) is 0 Å². The zero-order chi connectivity index (χ0) is 16.2. The van der Waals surface area contributed by atoms with Crippen LogP contribution in [0, 0.1) is 0 Å². The Labute approximate surface area is 131 Å². The minimum atomic E-state index is -4.68. The van der Waals surface area contributed by atoms with Crippen LogP contribution in [0.5, 0.6) is 0 Å². The third-order valence-corrected chi connectivity index (χ3v) is 2.80. The van der Waals surface area contributed by atoms with Crippen molar-refractivity contribution in [2.24, 2.45) is 5.73 Å². The van der Waals surface area contributed by atoms with Gasteiger partial charge in [0.05, 0.1) is 22.8 Å². The smallest absolute Gasteiger partial charge is 0.392 e. The number of benzene rings is 1. The van der Waals surface area contributed by atoms with E-state index >= 15 is 0 Å². The molecule has 1 aromatic rings. The number of nitrogens with two attached hydrogens (primary N) is 1. The molecule has 10 heteroatoms. The number of amides is 2. The Hall–Kier alpha value is -1.68. The van der Waals surface area contributed by atoms with Crippen LogP contribution in [0.15, 0.2) is 22.7 Å². The fraction of sp³-hybridized carbons (Fsp3) is 0.182. The van der Waals surface area contributed by atoms with Crippen molar-refractivity contribution in [2.75, 3.05) is 11.9 Å². The maximum absolute atomic E-state index is 12.8. The minimum Gasteiger partial charge on any atom is -0.392 e. The fourth-order valence-electron chi connectivity index (χ4n) is 1.29. The molecular formula is C11H9BrF3N3O2S. The molecule has 5 nitrogen and oxygen atoms in total. The summed E-state index contributed by atoms with van der Waals surface area (Å²) in [5.74, 6) is -2.39. The zero-order valence-corrected chi connectivity index (χ0v) is 12.7. The van der Waals surface area contributed by atoms with Gasteiger partial charge in [0.2, 0.25) is 0 Å². The highest BCUT2D eigenvalue weighted by molar-refractivity contribution is 9.10. The minimum absolute atomic E-state index is 0.0595. The van der Waals surface area contributed by atoms with Crippen LogP contribution in [0.2, 0.25) is 0 Å². The number of carbonyl (C=O) groups is 2. The maximum atomic E-state index is 12.8. The second-order valence-electron chi connectivity index (χ2n) is 3.79. The van der Waals surface area contributed by atoms with Crippen LogP contribution in [0.4, 0.5) is 18.9 Å². The van der Waals surface area contributed by atoms with Crippen LogP contribution in [0.25, 0.3) is 0 Å². The van der Waals surface area contributed by atoms with Gasteiger partial charge in [-0.1, -0.05) is 28.1 Å². The van der Waals surface area contributed by atoms with Crippen LogP contribution >= 0.6 is 28.1 Å². The van der Waals surface area contributed by atoms with Gasteiger partial charge >= 0.3 is 18.0 Å². The van der Waals surface area contributed by atoms with Gasteiger partial charge in [-0.2, -0.15) is 13.2 Å². The van der Waals surface area contributed by atoms with E-state index in [4.69, 9.17) is 5.73 Å². The summed E-state index contributed by atoms with van der Waals surface area (Å²) in [6.07, 6.45) is -4.68. The number of hydrogen-bond donors (Lipinski definition) is 3. The van der Waals surface area contributed by atoms with Gasteiger partial charge in [0.15, 0.2) is 0 Å². The molecule has 114 valence electrons. The molecule has 0 radical (unpaired) electrons. The first-order valence-corrected chi connectivity index (χ1v) is 6.55. The molecule has 0 saturated carbocycles. The third kappa shape index (κ3) is 5.31. The molecule has 0 spiro atoms. The van der Waals surface area contributed by atoms with Gasteiger partial charge < -0.3 is 16.4 Å². The molecule has 0 bridgehead atoms. The Morgan fingerprint density at radius 3 is 2.43 bits per heavy atom. The predicted molar refractivity (Wildman–Crippen MR) is 77.6 cm³/mol. The van der Waals surface area contributed by atoms with E-state index in [9.17, 15) is 22.8 Å². The molecule has 0 aliphatic carbocycles. The molecule has 0 heterocycles. The first-order valence-electron chi connectivity index (χ1n) is 5.35. The second-order valence-corrected chi connectivity index (χ2v) is 5.23. The highest BCUT2D eigenvalue weighted by atomic mass is 79.9. The highest BCUT2D eigenvalue weighted by Gasteiger charge is 2.34. The first kappa shape index (κ1) is 17.4. The molecule has 0 unspecified atom stereocenters. The summed E-state index contributed by atoms with van der Waals surface area (Å²) < 4.78 is 38.7. The quantitative estimate of drug-likeness (QED) is 0.548. The van der Waals surface area contributed by atoms with Crippen molar-refractivity contribution in [1.29, 1.82) is 0 Å². The van der Waals surface area contributed by atoms with E-state index in [1.54, 1.807) is 0 Å². The van der Waals surface area contributed by atoms with Crippen molar-refractivity contribution in [3.8, 4) is 0 Å². The topological polar surface area (TPSA) is 84.2 Å². The monoisotopic (exact) mass is 383 g/mol. The molecule has 0 aliphatic rings. The highest BCUT2D eigenvalue weighted by Crippen LogP contribution is 2.36. The average Bonchev–Trinajstić information content (AvgIpc) is 2.36. The van der Waals surface area contributed by atoms with Gasteiger partial charge in [0.25, 0.3) is 0 Å². The molecule has 0 aromatic heterocycles. The molecule has 1 aromatic carbocycles. The van der Waals surface area contributed by atoms with Crippen molar-refractivity contribution in [1.82, 2.24) is 5.32 Å². The van der Waals surface area contributed by atoms with Crippen molar-refractivity contribution in [3.05, 3.63) is 28.2 Å². The van der Waals surface area contributed by atoms with E-state index in [0.717, 1.165) is 12.1 Å². The van der Waals surface area contributed by atoms with Gasteiger partial charge in [0, 0.05) is 4.47 Å². The maximum Gasteiger partial charge on any atom is 0.418 e. The van der Waals surface area contributed by atoms with Gasteiger partial charge in [-0.3, -0.25) is 9.59 Å². The molecule has 4 N–H and O–H groups in total. The Morgan fingerprint density at radius 2 is 1.90 bits per heavy atom. The summed E-state index contributed by atoms with van der Waals surface area (Å²) in [5.41, 5.74) is 3.52. The fourth-order valence-corrected chi connectivity index (χ4v) is 1.72. The van der Waals surface area contributed by atoms with Crippen LogP contribution in [-0.4, -0.2) is 23.3 Å². The van der Waals surface area contributed by atoms with E-state index in [-0.39, 0.29) is 16.0 Å². The summed E-state index contributed by atoms with van der Waals surface area (Å²) in [7, 11) is 0. The van der Waals surface area contributed by atoms with E-state index in [1.165, 1.54) is 6.07 Å². The predicted octanol–water partition coefficient (Wildman–Crippen LogP) is 1.81. The first-order chi connectivity index (χ1) is 9.61. The van der Waals surface area contributed by atoms with Crippen LogP contribution in [-0.2, 0) is 15.8 Å². The van der Waals surface area contributed by atoms with Gasteiger partial charge in [0.1, 0.15) is 0 Å². The number of carbonyl (C=O) groups excluding carboxylic acids is 2. The molecular weight excluding hydrogens is 375 g/mol. The van der Waals surface area contributed by atoms with E-state index in [0.29, 0.717) is 0 Å². The summed E-state index contributed by atoms with van der Waals surface area (Å²) in [4.78, 5) is 22.8. The number of halogens is 4. The van der Waals surface area contributed by atoms with E-state index < -0.39 is 29.2 Å². The molecule has 21 heavy (non-hydrogen) atoms. The lowest BCUT2D eigenvalue weighted by Crippen LogP contribution is -2.39. The number of alkyl halides is 3. The van der Waals surface area contributed by atoms with E-state index in [2.05, 4.69) is 33.5 Å². The van der Waals surface area contributed by atoms with E-state index in [1.807, 2.05) is 5.32 Å². The molecule has 0 saturated heterocycles. The van der Waals surface area contributed by atoms with Crippen molar-refractivity contribution < 1.29 is 22.8 Å². The van der Waals surface area contributed by atoms with Gasteiger partial charge in [-0.15, -0.1) is 0 Å². The lowest BCUT2D eigenvalue weighted by Gasteiger charge is -2.14. The van der Waals surface area contributed by atoms with Crippen LogP contribution in [0.1, 0.15) is 5.56 Å². The van der Waals surface area contributed by atoms with Crippen molar-refractivity contribution >= 4 is 50.6 Å². The molecule has 1 rings (SSSR count). The summed E-state index contributed by atoms with van der Waals surface area (Å²) in [6.45, 7) is -0.228. The third-order valence-electron chi connectivity index (χ3n) is 2.16. The summed E-state index contributed by atoms with van der Waals surface area (Å²) >= 11 is 7.40. The lowest BCUT2D eigenvalue weighted by molar-refractivity contribution is -0.138. The van der Waals surface area contributed by atoms with Gasteiger partial charge in [-0.25, -0.2) is 0 Å². The second kappa shape index (κ2) is 6.85. The van der Waals surface area contributed by atoms with Crippen LogP contribution < -0.4 is 16.4 Å². The lowest BCUT2D eigenvalue weighted by atomic mass is 10.1. The average molecular weight is 384 g/mol. The normalized spacial score (nSPS) is 10.9. The Bertz CT molecular complexity index is 593. The number of anilines is 1. The number of nitrogens with one attached hydrogen (secondary N) is 2. The molecule has 0 fully saturated rings. The zero-order valence-electron chi connectivity index (χ0n) is 10.3. The SMILES string of the molecule is NC(=S)CNC(=O)C(=O)Nc1ccc(Br)cc1C(F)(F)F. The summed E-state index contributed by atoms with van der Waals surface area (Å²) in [5, 5.41) is 3.96. The van der Waals surface area contributed by atoms with Crippen molar-refractivity contribution in [2.45, 2.75) is 6.18 Å². The van der Waals surface area contributed by atoms with Gasteiger partial charge in [-0.05, 0) is 18.2 Å². The Morgan fingerprint density at radius 1 is 1.29 bits per heavy atom. The largest absolute Gasteiger partial charge is 0.418 e. The molecule has 0 atom stereocenters. The Balaban J connectivity index is 2.90. The summed E-state index contributed by atoms with van der Waals surface area (Å²) in [6, 6.07) is 3.13.